The van der Waals surface area contributed by atoms with E-state index in [9.17, 15) is 4.79 Å². The molecule has 0 saturated carbocycles. The van der Waals surface area contributed by atoms with Crippen LogP contribution >= 0.6 is 11.3 Å². The second-order valence-corrected chi connectivity index (χ2v) is 7.74. The third-order valence-electron chi connectivity index (χ3n) is 4.17. The van der Waals surface area contributed by atoms with Crippen molar-refractivity contribution in [3.05, 3.63) is 58.3 Å². The first-order chi connectivity index (χ1) is 11.0. The Labute approximate surface area is 156 Å². The molecule has 128 valence electrons. The minimum atomic E-state index is 0. The number of nitrogens with zero attached hydrogens (tertiary/aromatic N) is 1. The average molecular weight is 408 g/mol. The molecule has 5 heteroatoms. The quantitative estimate of drug-likeness (QED) is 0.490. The van der Waals surface area contributed by atoms with Gasteiger partial charge >= 0.3 is 0 Å². The molecule has 0 saturated heterocycles. The van der Waals surface area contributed by atoms with Gasteiger partial charge in [-0.15, -0.1) is 11.3 Å². The molecule has 1 heterocycles. The van der Waals surface area contributed by atoms with Crippen LogP contribution in [0.15, 0.2) is 47.3 Å². The van der Waals surface area contributed by atoms with Gasteiger partial charge < -0.3 is 26.6 Å². The molecule has 0 spiro atoms. The van der Waals surface area contributed by atoms with Gasteiger partial charge in [-0.1, -0.05) is 18.2 Å². The average Bonchev–Trinajstić information content (AvgIpc) is 2.54. The highest BCUT2D eigenvalue weighted by Gasteiger charge is 2.16. The maximum atomic E-state index is 12.7. The molecule has 0 radical (unpaired) electrons. The number of halogens is 1. The largest absolute Gasteiger partial charge is 1.00 e. The molecule has 1 N–H and O–H groups in total. The van der Waals surface area contributed by atoms with E-state index in [0.717, 1.165) is 44.2 Å². The monoisotopic (exact) mass is 407 g/mol. The predicted molar refractivity (Wildman–Crippen MR) is 98.0 cm³/mol. The smallest absolute Gasteiger partial charge is 0.195 e. The SMILES string of the molecule is C[N+](C)(CCCO)Cc1ccc2sc3ccccc3c(=O)c2c1.[Br-]. The molecule has 3 rings (SSSR count). The molecule has 0 fully saturated rings. The van der Waals surface area contributed by atoms with Crippen molar-refractivity contribution in [2.24, 2.45) is 0 Å². The summed E-state index contributed by atoms with van der Waals surface area (Å²) in [5.41, 5.74) is 1.29. The summed E-state index contributed by atoms with van der Waals surface area (Å²) in [7, 11) is 4.31. The zero-order valence-corrected chi connectivity index (χ0v) is 16.4. The number of quaternary nitrogens is 1. The van der Waals surface area contributed by atoms with Crippen molar-refractivity contribution in [1.82, 2.24) is 0 Å². The predicted octanol–water partition coefficient (Wildman–Crippen LogP) is 0.377. The molecule has 0 amide bonds. The summed E-state index contributed by atoms with van der Waals surface area (Å²) in [4.78, 5) is 12.7. The van der Waals surface area contributed by atoms with Crippen LogP contribution in [-0.4, -0.2) is 36.8 Å². The van der Waals surface area contributed by atoms with Gasteiger partial charge in [0.05, 0.1) is 20.6 Å². The van der Waals surface area contributed by atoms with Crippen LogP contribution in [-0.2, 0) is 6.54 Å². The minimum absolute atomic E-state index is 0. The molecular weight excluding hydrogens is 386 g/mol. The van der Waals surface area contributed by atoms with E-state index in [1.165, 1.54) is 5.56 Å². The molecule has 3 aromatic rings. The first-order valence-corrected chi connectivity index (χ1v) is 8.69. The van der Waals surface area contributed by atoms with Crippen molar-refractivity contribution < 1.29 is 26.6 Å². The lowest BCUT2D eigenvalue weighted by Crippen LogP contribution is -3.00. The molecule has 0 aliphatic heterocycles. The highest BCUT2D eigenvalue weighted by atomic mass is 79.9. The van der Waals surface area contributed by atoms with E-state index in [1.54, 1.807) is 11.3 Å². The zero-order chi connectivity index (χ0) is 16.4. The number of aliphatic hydroxyl groups is 1. The highest BCUT2D eigenvalue weighted by molar-refractivity contribution is 7.24. The van der Waals surface area contributed by atoms with Crippen LogP contribution < -0.4 is 22.4 Å². The molecular formula is C19H22BrNO2S. The van der Waals surface area contributed by atoms with Crippen LogP contribution in [0, 0.1) is 0 Å². The Hall–Kier alpha value is -1.27. The van der Waals surface area contributed by atoms with Gasteiger partial charge in [0, 0.05) is 38.8 Å². The lowest BCUT2D eigenvalue weighted by Gasteiger charge is -2.29. The van der Waals surface area contributed by atoms with E-state index in [0.29, 0.717) is 0 Å². The Kier molecular flexibility index (Phi) is 6.15. The highest BCUT2D eigenvalue weighted by Crippen LogP contribution is 2.25. The van der Waals surface area contributed by atoms with Gasteiger partial charge in [0.15, 0.2) is 5.43 Å². The van der Waals surface area contributed by atoms with E-state index in [2.05, 4.69) is 26.2 Å². The van der Waals surface area contributed by atoms with Gasteiger partial charge in [0.25, 0.3) is 0 Å². The second-order valence-electron chi connectivity index (χ2n) is 6.65. The van der Waals surface area contributed by atoms with Gasteiger partial charge in [0.1, 0.15) is 6.54 Å². The van der Waals surface area contributed by atoms with E-state index in [4.69, 9.17) is 5.11 Å². The van der Waals surface area contributed by atoms with Gasteiger partial charge in [-0.3, -0.25) is 4.79 Å². The van der Waals surface area contributed by atoms with E-state index >= 15 is 0 Å². The fourth-order valence-electron chi connectivity index (χ4n) is 3.02. The summed E-state index contributed by atoms with van der Waals surface area (Å²) in [6.45, 7) is 1.99. The van der Waals surface area contributed by atoms with Crippen molar-refractivity contribution >= 4 is 31.5 Å². The third kappa shape index (κ3) is 4.03. The van der Waals surface area contributed by atoms with Crippen LogP contribution in [0.5, 0.6) is 0 Å². The first-order valence-electron chi connectivity index (χ1n) is 7.87. The Morgan fingerprint density at radius 1 is 1.04 bits per heavy atom. The molecule has 24 heavy (non-hydrogen) atoms. The van der Waals surface area contributed by atoms with Gasteiger partial charge in [0.2, 0.25) is 0 Å². The summed E-state index contributed by atoms with van der Waals surface area (Å²) >= 11 is 1.67. The molecule has 0 atom stereocenters. The normalized spacial score (nSPS) is 11.6. The zero-order valence-electron chi connectivity index (χ0n) is 14.0. The molecule has 3 nitrogen and oxygen atoms in total. The summed E-state index contributed by atoms with van der Waals surface area (Å²) in [5.74, 6) is 0. The van der Waals surface area contributed by atoms with Gasteiger partial charge in [-0.05, 0) is 24.3 Å². The van der Waals surface area contributed by atoms with Crippen molar-refractivity contribution in [2.75, 3.05) is 27.2 Å². The third-order valence-corrected chi connectivity index (χ3v) is 5.32. The lowest BCUT2D eigenvalue weighted by atomic mass is 10.1. The molecule has 0 bridgehead atoms. The van der Waals surface area contributed by atoms with Crippen molar-refractivity contribution in [2.45, 2.75) is 13.0 Å². The topological polar surface area (TPSA) is 37.3 Å². The lowest BCUT2D eigenvalue weighted by molar-refractivity contribution is -0.903. The standard InChI is InChI=1S/C19H22NO2S.BrH/c1-20(2,10-5-11-21)13-14-8-9-18-16(12-14)19(22)15-6-3-4-7-17(15)23-18;/h3-4,6-9,12,21H,5,10-11,13H2,1-2H3;1H/q+1;/p-1. The summed E-state index contributed by atoms with van der Waals surface area (Å²) in [6, 6.07) is 14.0. The van der Waals surface area contributed by atoms with Gasteiger partial charge in [-0.2, -0.15) is 0 Å². The van der Waals surface area contributed by atoms with Crippen LogP contribution in [0.4, 0.5) is 0 Å². The Balaban J connectivity index is 0.00000208. The fraction of sp³-hybridized carbons (Fsp3) is 0.316. The minimum Gasteiger partial charge on any atom is -1.00 e. The second kappa shape index (κ2) is 7.74. The van der Waals surface area contributed by atoms with Crippen LogP contribution in [0.2, 0.25) is 0 Å². The molecule has 2 aromatic carbocycles. The van der Waals surface area contributed by atoms with E-state index < -0.39 is 0 Å². The number of rotatable bonds is 5. The maximum absolute atomic E-state index is 12.7. The number of benzene rings is 2. The van der Waals surface area contributed by atoms with Crippen LogP contribution in [0.3, 0.4) is 0 Å². The molecule has 0 unspecified atom stereocenters. The Bertz CT molecular complexity index is 905. The first kappa shape index (κ1) is 19.1. The van der Waals surface area contributed by atoms with Crippen molar-refractivity contribution in [1.29, 1.82) is 0 Å². The molecule has 1 aromatic heterocycles. The van der Waals surface area contributed by atoms with Crippen LogP contribution in [0.1, 0.15) is 12.0 Å². The number of fused-ring (bicyclic) bond motifs is 2. The Morgan fingerprint density at radius 3 is 2.50 bits per heavy atom. The van der Waals surface area contributed by atoms with Crippen LogP contribution in [0.25, 0.3) is 20.2 Å². The number of hydrogen-bond acceptors (Lipinski definition) is 3. The Morgan fingerprint density at radius 2 is 1.75 bits per heavy atom. The molecule has 0 aliphatic carbocycles. The summed E-state index contributed by atoms with van der Waals surface area (Å²) < 4.78 is 2.88. The van der Waals surface area contributed by atoms with E-state index in [-0.39, 0.29) is 29.0 Å². The van der Waals surface area contributed by atoms with Gasteiger partial charge in [-0.25, -0.2) is 0 Å². The number of hydrogen-bond donors (Lipinski definition) is 1. The summed E-state index contributed by atoms with van der Waals surface area (Å²) in [6.07, 6.45) is 0.792. The fourth-order valence-corrected chi connectivity index (χ4v) is 4.07. The molecule has 0 aliphatic rings. The van der Waals surface area contributed by atoms with Crippen molar-refractivity contribution in [3.63, 3.8) is 0 Å². The van der Waals surface area contributed by atoms with Crippen molar-refractivity contribution in [3.8, 4) is 0 Å². The maximum Gasteiger partial charge on any atom is 0.195 e. The number of aliphatic hydroxyl groups excluding tert-OH is 1. The van der Waals surface area contributed by atoms with E-state index in [1.807, 2.05) is 30.3 Å². The summed E-state index contributed by atoms with van der Waals surface area (Å²) in [5, 5.41) is 10.6.